The maximum absolute atomic E-state index is 11.1. The van der Waals surface area contributed by atoms with Crippen LogP contribution >= 0.6 is 0 Å². The fraction of sp³-hybridized carbons (Fsp3) is 0.700. The van der Waals surface area contributed by atoms with Crippen LogP contribution < -0.4 is 5.32 Å². The van der Waals surface area contributed by atoms with Crippen molar-refractivity contribution in [3.05, 3.63) is 0 Å². The first kappa shape index (κ1) is 12.2. The van der Waals surface area contributed by atoms with Gasteiger partial charge in [-0.2, -0.15) is 0 Å². The maximum atomic E-state index is 11.1. The number of carbonyl (C=O) groups excluding carboxylic acids is 1. The Morgan fingerprint density at radius 2 is 2.23 bits per heavy atom. The van der Waals surface area contributed by atoms with Gasteiger partial charge in [-0.1, -0.05) is 5.92 Å². The standard InChI is InChI=1S/C10H17NO2/c1-5-10(3,4)11-7-9(13)6-8(2)12/h1,8,11-12H,6-7H2,2-4H3. The summed E-state index contributed by atoms with van der Waals surface area (Å²) >= 11 is 0. The van der Waals surface area contributed by atoms with E-state index in [1.807, 2.05) is 13.8 Å². The molecule has 0 saturated heterocycles. The van der Waals surface area contributed by atoms with Crippen LogP contribution in [0.5, 0.6) is 0 Å². The molecule has 0 spiro atoms. The Balaban J connectivity index is 3.78. The Bertz CT molecular complexity index is 213. The number of rotatable bonds is 5. The number of aliphatic hydroxyl groups is 1. The van der Waals surface area contributed by atoms with Crippen molar-refractivity contribution in [3.8, 4) is 12.3 Å². The van der Waals surface area contributed by atoms with Crippen LogP contribution in [0.1, 0.15) is 27.2 Å². The third-order valence-corrected chi connectivity index (χ3v) is 1.61. The molecule has 0 aromatic carbocycles. The van der Waals surface area contributed by atoms with Crippen molar-refractivity contribution in [2.24, 2.45) is 0 Å². The van der Waals surface area contributed by atoms with Gasteiger partial charge in [-0.15, -0.1) is 6.42 Å². The second-order valence-corrected chi connectivity index (χ2v) is 3.71. The number of terminal acetylenes is 1. The number of hydrogen-bond acceptors (Lipinski definition) is 3. The largest absolute Gasteiger partial charge is 0.393 e. The summed E-state index contributed by atoms with van der Waals surface area (Å²) in [4.78, 5) is 11.1. The fourth-order valence-corrected chi connectivity index (χ4v) is 0.772. The Kier molecular flexibility index (Phi) is 4.68. The molecule has 0 bridgehead atoms. The number of Topliss-reactive ketones (excluding diaryl/α,β-unsaturated/α-hetero) is 1. The van der Waals surface area contributed by atoms with Gasteiger partial charge in [-0.25, -0.2) is 0 Å². The van der Waals surface area contributed by atoms with Crippen LogP contribution in [0.4, 0.5) is 0 Å². The molecule has 0 aliphatic rings. The lowest BCUT2D eigenvalue weighted by atomic mass is 10.1. The molecule has 0 saturated carbocycles. The normalized spacial score (nSPS) is 13.5. The van der Waals surface area contributed by atoms with Gasteiger partial charge in [0, 0.05) is 6.42 Å². The van der Waals surface area contributed by atoms with Crippen molar-refractivity contribution < 1.29 is 9.90 Å². The lowest BCUT2D eigenvalue weighted by Gasteiger charge is -2.18. The molecule has 1 unspecified atom stereocenters. The lowest BCUT2D eigenvalue weighted by Crippen LogP contribution is -2.41. The van der Waals surface area contributed by atoms with Crippen molar-refractivity contribution in [2.75, 3.05) is 6.54 Å². The van der Waals surface area contributed by atoms with E-state index in [1.165, 1.54) is 0 Å². The molecular weight excluding hydrogens is 166 g/mol. The van der Waals surface area contributed by atoms with E-state index in [9.17, 15) is 4.79 Å². The highest BCUT2D eigenvalue weighted by atomic mass is 16.3. The SMILES string of the molecule is C#CC(C)(C)NCC(=O)CC(C)O. The zero-order valence-electron chi connectivity index (χ0n) is 8.42. The van der Waals surface area contributed by atoms with Gasteiger partial charge in [0.15, 0.2) is 0 Å². The van der Waals surface area contributed by atoms with Gasteiger partial charge in [0.1, 0.15) is 5.78 Å². The van der Waals surface area contributed by atoms with Crippen molar-refractivity contribution >= 4 is 5.78 Å². The predicted molar refractivity (Wildman–Crippen MR) is 52.2 cm³/mol. The molecule has 0 radical (unpaired) electrons. The molecule has 0 fully saturated rings. The quantitative estimate of drug-likeness (QED) is 0.604. The molecule has 2 N–H and O–H groups in total. The van der Waals surface area contributed by atoms with E-state index in [0.717, 1.165) is 0 Å². The van der Waals surface area contributed by atoms with E-state index in [-0.39, 0.29) is 18.7 Å². The van der Waals surface area contributed by atoms with Crippen LogP contribution in [0.3, 0.4) is 0 Å². The Hall–Kier alpha value is -0.850. The molecular formula is C10H17NO2. The molecule has 0 amide bonds. The van der Waals surface area contributed by atoms with Crippen LogP contribution in [0.2, 0.25) is 0 Å². The van der Waals surface area contributed by atoms with E-state index in [0.29, 0.717) is 0 Å². The zero-order valence-corrected chi connectivity index (χ0v) is 8.42. The molecule has 0 aromatic rings. The third-order valence-electron chi connectivity index (χ3n) is 1.61. The predicted octanol–water partition coefficient (Wildman–Crippen LogP) is 0.328. The second-order valence-electron chi connectivity index (χ2n) is 3.71. The number of nitrogens with one attached hydrogen (secondary N) is 1. The minimum Gasteiger partial charge on any atom is -0.393 e. The van der Waals surface area contributed by atoms with Gasteiger partial charge >= 0.3 is 0 Å². The Morgan fingerprint density at radius 1 is 1.69 bits per heavy atom. The summed E-state index contributed by atoms with van der Waals surface area (Å²) in [5.41, 5.74) is -0.464. The number of ketones is 1. The van der Waals surface area contributed by atoms with Crippen molar-refractivity contribution in [1.82, 2.24) is 5.32 Å². The molecule has 13 heavy (non-hydrogen) atoms. The maximum Gasteiger partial charge on any atom is 0.149 e. The average Bonchev–Trinajstić information content (AvgIpc) is 2.00. The number of aliphatic hydroxyl groups excluding tert-OH is 1. The first-order valence-corrected chi connectivity index (χ1v) is 4.30. The summed E-state index contributed by atoms with van der Waals surface area (Å²) in [5, 5.41) is 11.8. The van der Waals surface area contributed by atoms with E-state index in [1.54, 1.807) is 6.92 Å². The summed E-state index contributed by atoms with van der Waals surface area (Å²) in [7, 11) is 0. The van der Waals surface area contributed by atoms with Gasteiger partial charge in [0.05, 0.1) is 18.2 Å². The van der Waals surface area contributed by atoms with Crippen LogP contribution in [0.15, 0.2) is 0 Å². The minimum atomic E-state index is -0.580. The highest BCUT2D eigenvalue weighted by Crippen LogP contribution is 1.99. The summed E-state index contributed by atoms with van der Waals surface area (Å²) in [6, 6.07) is 0. The van der Waals surface area contributed by atoms with E-state index < -0.39 is 11.6 Å². The highest BCUT2D eigenvalue weighted by molar-refractivity contribution is 5.80. The fourth-order valence-electron chi connectivity index (χ4n) is 0.772. The van der Waals surface area contributed by atoms with Crippen molar-refractivity contribution in [1.29, 1.82) is 0 Å². The first-order chi connectivity index (χ1) is 5.87. The van der Waals surface area contributed by atoms with Crippen molar-refractivity contribution in [2.45, 2.75) is 38.8 Å². The summed E-state index contributed by atoms with van der Waals surface area (Å²) in [6.07, 6.45) is 4.81. The molecule has 3 nitrogen and oxygen atoms in total. The molecule has 0 rings (SSSR count). The number of hydrogen-bond donors (Lipinski definition) is 2. The van der Waals surface area contributed by atoms with Crippen LogP contribution in [-0.2, 0) is 4.79 Å². The number of carbonyl (C=O) groups is 1. The van der Waals surface area contributed by atoms with Crippen LogP contribution in [-0.4, -0.2) is 29.1 Å². The summed E-state index contributed by atoms with van der Waals surface area (Å²) < 4.78 is 0. The van der Waals surface area contributed by atoms with E-state index in [2.05, 4.69) is 11.2 Å². The zero-order chi connectivity index (χ0) is 10.5. The average molecular weight is 183 g/mol. The molecule has 0 aliphatic heterocycles. The molecule has 3 heteroatoms. The molecule has 74 valence electrons. The minimum absolute atomic E-state index is 0.0293. The monoisotopic (exact) mass is 183 g/mol. The topological polar surface area (TPSA) is 49.3 Å². The molecule has 1 atom stereocenters. The van der Waals surface area contributed by atoms with E-state index in [4.69, 9.17) is 11.5 Å². The summed E-state index contributed by atoms with van der Waals surface area (Å²) in [6.45, 7) is 5.44. The van der Waals surface area contributed by atoms with Gasteiger partial charge in [-0.3, -0.25) is 10.1 Å². The van der Waals surface area contributed by atoms with Crippen LogP contribution in [0.25, 0.3) is 0 Å². The van der Waals surface area contributed by atoms with Gasteiger partial charge in [0.2, 0.25) is 0 Å². The van der Waals surface area contributed by atoms with Crippen molar-refractivity contribution in [3.63, 3.8) is 0 Å². The molecule has 0 aliphatic carbocycles. The third kappa shape index (κ3) is 6.32. The Morgan fingerprint density at radius 3 is 2.62 bits per heavy atom. The van der Waals surface area contributed by atoms with Gasteiger partial charge in [0.25, 0.3) is 0 Å². The summed E-state index contributed by atoms with van der Waals surface area (Å²) in [5.74, 6) is 2.49. The smallest absolute Gasteiger partial charge is 0.149 e. The second kappa shape index (κ2) is 5.00. The van der Waals surface area contributed by atoms with Gasteiger partial charge in [-0.05, 0) is 20.8 Å². The molecule has 0 aromatic heterocycles. The van der Waals surface area contributed by atoms with E-state index >= 15 is 0 Å². The van der Waals surface area contributed by atoms with Gasteiger partial charge < -0.3 is 5.11 Å². The lowest BCUT2D eigenvalue weighted by molar-refractivity contribution is -0.120. The Labute approximate surface area is 79.5 Å². The van der Waals surface area contributed by atoms with Crippen LogP contribution in [0, 0.1) is 12.3 Å². The highest BCUT2D eigenvalue weighted by Gasteiger charge is 2.14. The molecule has 0 heterocycles. The first-order valence-electron chi connectivity index (χ1n) is 4.30.